The minimum atomic E-state index is 0.553. The van der Waals surface area contributed by atoms with Crippen LogP contribution in [0.5, 0.6) is 0 Å². The maximum atomic E-state index is 5.70. The molecule has 0 amide bonds. The number of aromatic amines is 1. The van der Waals surface area contributed by atoms with E-state index in [1.54, 1.807) is 6.20 Å². The van der Waals surface area contributed by atoms with E-state index in [0.717, 1.165) is 17.1 Å². The van der Waals surface area contributed by atoms with Gasteiger partial charge < -0.3 is 15.2 Å². The number of nitrogens with zero attached hydrogens (tertiary/aromatic N) is 3. The highest BCUT2D eigenvalue weighted by atomic mass is 16.5. The molecule has 0 aliphatic rings. The summed E-state index contributed by atoms with van der Waals surface area (Å²) >= 11 is 0. The summed E-state index contributed by atoms with van der Waals surface area (Å²) in [6.45, 7) is 2.50. The minimum Gasteiger partial charge on any atom is -0.382 e. The first-order valence-electron chi connectivity index (χ1n) is 4.59. The Balaban J connectivity index is 2.10. The van der Waals surface area contributed by atoms with Crippen LogP contribution in [0.25, 0.3) is 0 Å². The molecule has 0 aromatic carbocycles. The summed E-state index contributed by atoms with van der Waals surface area (Å²) in [6, 6.07) is 1.90. The molecule has 6 nitrogen and oxygen atoms in total. The van der Waals surface area contributed by atoms with Crippen molar-refractivity contribution in [1.82, 2.24) is 15.4 Å². The van der Waals surface area contributed by atoms with Gasteiger partial charge in [-0.05, 0) is 6.92 Å². The van der Waals surface area contributed by atoms with Crippen LogP contribution < -0.4 is 10.6 Å². The van der Waals surface area contributed by atoms with Crippen molar-refractivity contribution in [2.24, 2.45) is 0 Å². The highest BCUT2D eigenvalue weighted by Crippen LogP contribution is 2.19. The zero-order chi connectivity index (χ0) is 10.8. The Morgan fingerprint density at radius 3 is 2.93 bits per heavy atom. The molecule has 6 heteroatoms. The number of rotatable bonds is 3. The van der Waals surface area contributed by atoms with Crippen molar-refractivity contribution in [3.63, 3.8) is 0 Å². The van der Waals surface area contributed by atoms with Crippen molar-refractivity contribution in [1.29, 1.82) is 0 Å². The third-order valence-electron chi connectivity index (χ3n) is 2.13. The lowest BCUT2D eigenvalue weighted by Gasteiger charge is -2.15. The molecule has 3 N–H and O–H groups in total. The fourth-order valence-corrected chi connectivity index (χ4v) is 1.41. The zero-order valence-electron chi connectivity index (χ0n) is 8.69. The normalized spacial score (nSPS) is 10.5. The number of nitrogens with two attached hydrogens (primary N) is 1. The lowest BCUT2D eigenvalue weighted by atomic mass is 10.3. The van der Waals surface area contributed by atoms with E-state index in [0.29, 0.717) is 12.4 Å². The SMILES string of the molecule is Cc1cc(CN(C)c2cn[nH]c2N)no1. The molecule has 0 unspecified atom stereocenters. The van der Waals surface area contributed by atoms with E-state index in [9.17, 15) is 0 Å². The molecule has 0 spiro atoms. The lowest BCUT2D eigenvalue weighted by Crippen LogP contribution is -2.17. The predicted molar refractivity (Wildman–Crippen MR) is 56.3 cm³/mol. The standard InChI is InChI=1S/C9H13N5O/c1-6-3-7(13-15-6)5-14(2)8-4-11-12-9(8)10/h3-4H,5H2,1-2H3,(H3,10,11,12). The van der Waals surface area contributed by atoms with Gasteiger partial charge in [0.1, 0.15) is 17.3 Å². The average Bonchev–Trinajstić information content (AvgIpc) is 2.75. The monoisotopic (exact) mass is 207 g/mol. The summed E-state index contributed by atoms with van der Waals surface area (Å²) in [5.41, 5.74) is 7.42. The highest BCUT2D eigenvalue weighted by Gasteiger charge is 2.09. The second-order valence-electron chi connectivity index (χ2n) is 3.45. The van der Waals surface area contributed by atoms with Gasteiger partial charge in [0.25, 0.3) is 0 Å². The van der Waals surface area contributed by atoms with Gasteiger partial charge in [-0.3, -0.25) is 5.10 Å². The fraction of sp³-hybridized carbons (Fsp3) is 0.333. The zero-order valence-corrected chi connectivity index (χ0v) is 8.69. The Kier molecular flexibility index (Phi) is 2.32. The van der Waals surface area contributed by atoms with E-state index >= 15 is 0 Å². The van der Waals surface area contributed by atoms with Crippen LogP contribution in [0.4, 0.5) is 11.5 Å². The minimum absolute atomic E-state index is 0.553. The molecule has 2 aromatic heterocycles. The Labute approximate surface area is 87.0 Å². The number of aryl methyl sites for hydroxylation is 1. The van der Waals surface area contributed by atoms with Gasteiger partial charge in [0.2, 0.25) is 0 Å². The number of hydrogen-bond donors (Lipinski definition) is 2. The molecular formula is C9H13N5O. The third kappa shape index (κ3) is 1.93. The molecule has 80 valence electrons. The molecule has 2 aromatic rings. The van der Waals surface area contributed by atoms with Crippen LogP contribution in [0.1, 0.15) is 11.5 Å². The lowest BCUT2D eigenvalue weighted by molar-refractivity contribution is 0.390. The van der Waals surface area contributed by atoms with Crippen LogP contribution in [-0.4, -0.2) is 22.4 Å². The quantitative estimate of drug-likeness (QED) is 0.782. The van der Waals surface area contributed by atoms with Crippen molar-refractivity contribution in [2.45, 2.75) is 13.5 Å². The molecular weight excluding hydrogens is 194 g/mol. The van der Waals surface area contributed by atoms with E-state index in [1.165, 1.54) is 0 Å². The number of H-pyrrole nitrogens is 1. The largest absolute Gasteiger partial charge is 0.382 e. The third-order valence-corrected chi connectivity index (χ3v) is 2.13. The van der Waals surface area contributed by atoms with Crippen LogP contribution in [-0.2, 0) is 6.54 Å². The molecule has 0 aliphatic carbocycles. The summed E-state index contributed by atoms with van der Waals surface area (Å²) < 4.78 is 4.98. The average molecular weight is 207 g/mol. The topological polar surface area (TPSA) is 84.0 Å². The summed E-state index contributed by atoms with van der Waals surface area (Å²) in [6.07, 6.45) is 1.68. The molecule has 0 atom stereocenters. The van der Waals surface area contributed by atoms with E-state index in [-0.39, 0.29) is 0 Å². The van der Waals surface area contributed by atoms with Crippen LogP contribution in [0.2, 0.25) is 0 Å². The first-order valence-corrected chi connectivity index (χ1v) is 4.59. The van der Waals surface area contributed by atoms with Crippen molar-refractivity contribution in [3.8, 4) is 0 Å². The van der Waals surface area contributed by atoms with Gasteiger partial charge in [-0.25, -0.2) is 0 Å². The molecule has 0 radical (unpaired) electrons. The van der Waals surface area contributed by atoms with E-state index < -0.39 is 0 Å². The predicted octanol–water partition coefficient (Wildman–Crippen LogP) is 0.925. The van der Waals surface area contributed by atoms with Gasteiger partial charge in [-0.15, -0.1) is 0 Å². The van der Waals surface area contributed by atoms with E-state index in [1.807, 2.05) is 24.9 Å². The second-order valence-corrected chi connectivity index (χ2v) is 3.45. The number of aromatic nitrogens is 3. The highest BCUT2D eigenvalue weighted by molar-refractivity contribution is 5.61. The van der Waals surface area contributed by atoms with Gasteiger partial charge in [-0.1, -0.05) is 5.16 Å². The molecule has 2 heterocycles. The molecule has 0 aliphatic heterocycles. The molecule has 0 fully saturated rings. The molecule has 2 rings (SSSR count). The van der Waals surface area contributed by atoms with Crippen molar-refractivity contribution in [3.05, 3.63) is 23.7 Å². The van der Waals surface area contributed by atoms with Crippen LogP contribution in [0.3, 0.4) is 0 Å². The number of nitrogens with one attached hydrogen (secondary N) is 1. The Morgan fingerprint density at radius 2 is 2.40 bits per heavy atom. The van der Waals surface area contributed by atoms with Gasteiger partial charge in [0, 0.05) is 13.1 Å². The van der Waals surface area contributed by atoms with Crippen molar-refractivity contribution in [2.75, 3.05) is 17.7 Å². The summed E-state index contributed by atoms with van der Waals surface area (Å²) in [5, 5.41) is 10.4. The number of nitrogen functional groups attached to an aromatic ring is 1. The van der Waals surface area contributed by atoms with Gasteiger partial charge in [0.15, 0.2) is 0 Å². The maximum Gasteiger partial charge on any atom is 0.142 e. The first-order chi connectivity index (χ1) is 7.16. The van der Waals surface area contributed by atoms with Gasteiger partial charge >= 0.3 is 0 Å². The molecule has 15 heavy (non-hydrogen) atoms. The van der Waals surface area contributed by atoms with Crippen molar-refractivity contribution < 1.29 is 4.52 Å². The van der Waals surface area contributed by atoms with E-state index in [2.05, 4.69) is 15.4 Å². The fourth-order valence-electron chi connectivity index (χ4n) is 1.41. The van der Waals surface area contributed by atoms with Crippen LogP contribution in [0, 0.1) is 6.92 Å². The van der Waals surface area contributed by atoms with Gasteiger partial charge in [-0.2, -0.15) is 5.10 Å². The summed E-state index contributed by atoms with van der Waals surface area (Å²) in [5.74, 6) is 1.36. The molecule has 0 saturated carbocycles. The summed E-state index contributed by atoms with van der Waals surface area (Å²) in [7, 11) is 1.92. The van der Waals surface area contributed by atoms with Crippen LogP contribution in [0.15, 0.2) is 16.8 Å². The summed E-state index contributed by atoms with van der Waals surface area (Å²) in [4.78, 5) is 1.95. The Hall–Kier alpha value is -1.98. The van der Waals surface area contributed by atoms with Gasteiger partial charge in [0.05, 0.1) is 18.4 Å². The van der Waals surface area contributed by atoms with Crippen LogP contribution >= 0.6 is 0 Å². The smallest absolute Gasteiger partial charge is 0.142 e. The van der Waals surface area contributed by atoms with Crippen molar-refractivity contribution >= 4 is 11.5 Å². The molecule has 0 bridgehead atoms. The first kappa shape index (κ1) is 9.57. The Bertz CT molecular complexity index is 447. The Morgan fingerprint density at radius 1 is 1.60 bits per heavy atom. The maximum absolute atomic E-state index is 5.70. The van der Waals surface area contributed by atoms with E-state index in [4.69, 9.17) is 10.3 Å². The second kappa shape index (κ2) is 3.64. The molecule has 0 saturated heterocycles. The number of anilines is 2. The number of hydrogen-bond acceptors (Lipinski definition) is 5.